The van der Waals surface area contributed by atoms with Gasteiger partial charge in [-0.2, -0.15) is 0 Å². The Bertz CT molecular complexity index is 799. The molecule has 2 amide bonds. The molecule has 0 unspecified atom stereocenters. The van der Waals surface area contributed by atoms with E-state index >= 15 is 0 Å². The van der Waals surface area contributed by atoms with Gasteiger partial charge in [0.1, 0.15) is 0 Å². The van der Waals surface area contributed by atoms with E-state index in [1.807, 2.05) is 24.4 Å². The van der Waals surface area contributed by atoms with Crippen LogP contribution in [0.5, 0.6) is 0 Å². The monoisotopic (exact) mass is 375 g/mol. The van der Waals surface area contributed by atoms with E-state index in [9.17, 15) is 9.59 Å². The van der Waals surface area contributed by atoms with E-state index in [0.717, 1.165) is 29.3 Å². The van der Waals surface area contributed by atoms with Gasteiger partial charge in [0.2, 0.25) is 11.8 Å². The molecule has 2 heterocycles. The number of nitrogens with zero attached hydrogens (tertiary/aromatic N) is 1. The topological polar surface area (TPSA) is 65.2 Å². The van der Waals surface area contributed by atoms with Crippen LogP contribution in [0.25, 0.3) is 10.9 Å². The molecule has 0 radical (unpaired) electrons. The lowest BCUT2D eigenvalue weighted by Crippen LogP contribution is -2.34. The number of H-pyrrole nitrogens is 1. The molecule has 1 saturated heterocycles. The molecule has 5 nitrogen and oxygen atoms in total. The number of hydrogen-bond donors (Lipinski definition) is 2. The minimum absolute atomic E-state index is 0.000348. The van der Waals surface area contributed by atoms with Gasteiger partial charge in [0.05, 0.1) is 5.92 Å². The van der Waals surface area contributed by atoms with Gasteiger partial charge in [-0.3, -0.25) is 9.59 Å². The molecule has 3 rings (SSSR count). The Hall–Kier alpha value is -2.01. The van der Waals surface area contributed by atoms with Gasteiger partial charge in [0.15, 0.2) is 0 Å². The molecule has 1 aliphatic heterocycles. The fraction of sp³-hybridized carbons (Fsp3) is 0.500. The predicted octanol–water partition coefficient (Wildman–Crippen LogP) is 3.37. The second-order valence-corrected chi connectivity index (χ2v) is 7.90. The Kier molecular flexibility index (Phi) is 5.87. The molecule has 2 N–H and O–H groups in total. The average molecular weight is 376 g/mol. The first kappa shape index (κ1) is 18.8. The molecule has 0 bridgehead atoms. The van der Waals surface area contributed by atoms with E-state index in [1.165, 1.54) is 0 Å². The standard InChI is InChI=1S/C20H26ClN3O2/c1-13(2)5-7-22-20(26)15-9-19(25)24(12-15)8-6-14-11-23-18-4-3-16(21)10-17(14)18/h3-4,10-11,13,15,23H,5-9,12H2,1-2H3,(H,22,26)/t15-/m1/s1. The second-order valence-electron chi connectivity index (χ2n) is 7.47. The van der Waals surface area contributed by atoms with Crippen LogP contribution in [0.15, 0.2) is 24.4 Å². The van der Waals surface area contributed by atoms with Crippen LogP contribution >= 0.6 is 11.6 Å². The maximum Gasteiger partial charge on any atom is 0.225 e. The van der Waals surface area contributed by atoms with Crippen LogP contribution in [-0.4, -0.2) is 41.3 Å². The molecule has 0 aliphatic carbocycles. The van der Waals surface area contributed by atoms with Crippen molar-refractivity contribution in [2.24, 2.45) is 11.8 Å². The average Bonchev–Trinajstić information content (AvgIpc) is 3.15. The highest BCUT2D eigenvalue weighted by molar-refractivity contribution is 6.31. The van der Waals surface area contributed by atoms with Gasteiger partial charge >= 0.3 is 0 Å². The van der Waals surface area contributed by atoms with Gasteiger partial charge in [-0.25, -0.2) is 0 Å². The van der Waals surface area contributed by atoms with Crippen LogP contribution in [0.3, 0.4) is 0 Å². The number of rotatable bonds is 7. The van der Waals surface area contributed by atoms with E-state index < -0.39 is 0 Å². The number of carbonyl (C=O) groups excluding carboxylic acids is 2. The van der Waals surface area contributed by atoms with Crippen LogP contribution in [0.2, 0.25) is 5.02 Å². The summed E-state index contributed by atoms with van der Waals surface area (Å²) in [5.74, 6) is 0.390. The molecule has 140 valence electrons. The van der Waals surface area contributed by atoms with Gasteiger partial charge in [-0.1, -0.05) is 25.4 Å². The number of fused-ring (bicyclic) bond motifs is 1. The largest absolute Gasteiger partial charge is 0.361 e. The fourth-order valence-electron chi connectivity index (χ4n) is 3.41. The SMILES string of the molecule is CC(C)CCNC(=O)[C@@H]1CC(=O)N(CCc2c[nH]c3ccc(Cl)cc23)C1. The van der Waals surface area contributed by atoms with Gasteiger partial charge in [-0.05, 0) is 42.5 Å². The van der Waals surface area contributed by atoms with Crippen molar-refractivity contribution in [3.63, 3.8) is 0 Å². The van der Waals surface area contributed by atoms with Gasteiger partial charge in [-0.15, -0.1) is 0 Å². The predicted molar refractivity (Wildman–Crippen MR) is 104 cm³/mol. The maximum absolute atomic E-state index is 12.3. The maximum atomic E-state index is 12.3. The summed E-state index contributed by atoms with van der Waals surface area (Å²) in [4.78, 5) is 29.6. The van der Waals surface area contributed by atoms with Crippen molar-refractivity contribution in [3.05, 3.63) is 35.0 Å². The first-order valence-electron chi connectivity index (χ1n) is 9.25. The number of amides is 2. The van der Waals surface area contributed by atoms with Crippen LogP contribution < -0.4 is 5.32 Å². The van der Waals surface area contributed by atoms with Crippen LogP contribution in [-0.2, 0) is 16.0 Å². The van der Waals surface area contributed by atoms with Crippen molar-refractivity contribution in [1.82, 2.24) is 15.2 Å². The molecule has 2 aromatic rings. The van der Waals surface area contributed by atoms with Crippen molar-refractivity contribution in [3.8, 4) is 0 Å². The molecule has 6 heteroatoms. The molecule has 1 fully saturated rings. The van der Waals surface area contributed by atoms with E-state index in [2.05, 4.69) is 24.1 Å². The van der Waals surface area contributed by atoms with Crippen LogP contribution in [0.4, 0.5) is 0 Å². The third-order valence-corrected chi connectivity index (χ3v) is 5.22. The summed E-state index contributed by atoms with van der Waals surface area (Å²) in [6, 6.07) is 5.76. The lowest BCUT2D eigenvalue weighted by atomic mass is 10.1. The van der Waals surface area contributed by atoms with Crippen molar-refractivity contribution in [2.75, 3.05) is 19.6 Å². The summed E-state index contributed by atoms with van der Waals surface area (Å²) in [5.41, 5.74) is 2.18. The zero-order valence-corrected chi connectivity index (χ0v) is 16.1. The Balaban J connectivity index is 1.54. The molecular formula is C20H26ClN3O2. The fourth-order valence-corrected chi connectivity index (χ4v) is 3.58. The summed E-state index contributed by atoms with van der Waals surface area (Å²) in [7, 11) is 0. The third-order valence-electron chi connectivity index (χ3n) is 4.99. The summed E-state index contributed by atoms with van der Waals surface area (Å²) >= 11 is 6.09. The molecule has 0 spiro atoms. The quantitative estimate of drug-likeness (QED) is 0.779. The van der Waals surface area contributed by atoms with Gasteiger partial charge in [0.25, 0.3) is 0 Å². The number of halogens is 1. The molecular weight excluding hydrogens is 350 g/mol. The minimum Gasteiger partial charge on any atom is -0.361 e. The van der Waals surface area contributed by atoms with E-state index in [1.54, 1.807) is 4.90 Å². The summed E-state index contributed by atoms with van der Waals surface area (Å²) < 4.78 is 0. The highest BCUT2D eigenvalue weighted by Crippen LogP contribution is 2.24. The second kappa shape index (κ2) is 8.12. The van der Waals surface area contributed by atoms with Crippen molar-refractivity contribution in [1.29, 1.82) is 0 Å². The summed E-state index contributed by atoms with van der Waals surface area (Å²) in [6.45, 7) is 6.07. The van der Waals surface area contributed by atoms with E-state index in [-0.39, 0.29) is 17.7 Å². The number of aromatic amines is 1. The Labute approximate surface area is 159 Å². The van der Waals surface area contributed by atoms with Crippen molar-refractivity contribution < 1.29 is 9.59 Å². The summed E-state index contributed by atoms with van der Waals surface area (Å²) in [6.07, 6.45) is 3.98. The number of benzene rings is 1. The van der Waals surface area contributed by atoms with Gasteiger partial charge < -0.3 is 15.2 Å². The molecule has 1 aromatic heterocycles. The lowest BCUT2D eigenvalue weighted by Gasteiger charge is -2.16. The molecule has 1 aromatic carbocycles. The zero-order chi connectivity index (χ0) is 18.7. The smallest absolute Gasteiger partial charge is 0.225 e. The molecule has 0 saturated carbocycles. The van der Waals surface area contributed by atoms with Crippen LogP contribution in [0.1, 0.15) is 32.3 Å². The molecule has 1 atom stereocenters. The number of nitrogens with one attached hydrogen (secondary N) is 2. The minimum atomic E-state index is -0.230. The van der Waals surface area contributed by atoms with Gasteiger partial charge in [0, 0.05) is 48.2 Å². The van der Waals surface area contributed by atoms with E-state index in [0.29, 0.717) is 37.0 Å². The first-order chi connectivity index (χ1) is 12.4. The number of aromatic nitrogens is 1. The molecule has 1 aliphatic rings. The van der Waals surface area contributed by atoms with Crippen molar-refractivity contribution in [2.45, 2.75) is 33.1 Å². The number of carbonyl (C=O) groups is 2. The highest BCUT2D eigenvalue weighted by Gasteiger charge is 2.33. The normalized spacial score (nSPS) is 17.5. The Morgan fingerprint density at radius 2 is 2.23 bits per heavy atom. The highest BCUT2D eigenvalue weighted by atomic mass is 35.5. The Morgan fingerprint density at radius 1 is 1.42 bits per heavy atom. The summed E-state index contributed by atoms with van der Waals surface area (Å²) in [5, 5.41) is 4.75. The first-order valence-corrected chi connectivity index (χ1v) is 9.63. The van der Waals surface area contributed by atoms with Crippen molar-refractivity contribution >= 4 is 34.3 Å². The third kappa shape index (κ3) is 4.39. The Morgan fingerprint density at radius 3 is 3.00 bits per heavy atom. The van der Waals surface area contributed by atoms with E-state index in [4.69, 9.17) is 11.6 Å². The number of likely N-dealkylation sites (tertiary alicyclic amines) is 1. The zero-order valence-electron chi connectivity index (χ0n) is 15.3. The lowest BCUT2D eigenvalue weighted by molar-refractivity contribution is -0.129. The van der Waals surface area contributed by atoms with Crippen LogP contribution in [0, 0.1) is 11.8 Å². The number of hydrogen-bond acceptors (Lipinski definition) is 2. The molecule has 26 heavy (non-hydrogen) atoms.